The quantitative estimate of drug-likeness (QED) is 0.740. The average molecular weight is 354 g/mol. The van der Waals surface area contributed by atoms with E-state index < -0.39 is 0 Å². The molecule has 0 bridgehead atoms. The Hall–Kier alpha value is -2.89. The summed E-state index contributed by atoms with van der Waals surface area (Å²) in [5, 5.41) is 0. The molecule has 1 aliphatic heterocycles. The van der Waals surface area contributed by atoms with Crippen molar-refractivity contribution in [3.05, 3.63) is 47.8 Å². The van der Waals surface area contributed by atoms with Gasteiger partial charge >= 0.3 is 0 Å². The zero-order valence-corrected chi connectivity index (χ0v) is 15.2. The maximum atomic E-state index is 12.1. The largest absolute Gasteiger partial charge is 0.491 e. The fourth-order valence-electron chi connectivity index (χ4n) is 2.56. The van der Waals surface area contributed by atoms with E-state index in [0.717, 1.165) is 19.5 Å². The number of hydrogen-bond donors (Lipinski definition) is 0. The summed E-state index contributed by atoms with van der Waals surface area (Å²) in [6, 6.07) is 8.43. The molecule has 2 aromatic rings. The third kappa shape index (κ3) is 4.20. The van der Waals surface area contributed by atoms with Crippen molar-refractivity contribution in [3.8, 4) is 17.2 Å². The Labute approximate surface area is 152 Å². The Morgan fingerprint density at radius 2 is 1.81 bits per heavy atom. The first kappa shape index (κ1) is 17.9. The maximum Gasteiger partial charge on any atom is 0.272 e. The van der Waals surface area contributed by atoms with Crippen LogP contribution in [0, 0.1) is 0 Å². The van der Waals surface area contributed by atoms with E-state index in [4.69, 9.17) is 9.47 Å². The monoisotopic (exact) mass is 354 g/mol. The molecule has 0 spiro atoms. The number of benzene rings is 1. The van der Waals surface area contributed by atoms with Crippen LogP contribution < -0.4 is 9.47 Å². The molecule has 0 N–H and O–H groups in total. The first-order chi connectivity index (χ1) is 12.4. The van der Waals surface area contributed by atoms with Crippen LogP contribution in [0.3, 0.4) is 0 Å². The van der Waals surface area contributed by atoms with E-state index in [1.54, 1.807) is 35.2 Å². The van der Waals surface area contributed by atoms with Crippen molar-refractivity contribution in [1.82, 2.24) is 9.88 Å². The third-order valence-electron chi connectivity index (χ3n) is 3.99. The van der Waals surface area contributed by atoms with Crippen molar-refractivity contribution in [2.24, 2.45) is 0 Å². The number of nitrogens with zero attached hydrogens (tertiary/aromatic N) is 2. The van der Waals surface area contributed by atoms with Gasteiger partial charge in [-0.2, -0.15) is 0 Å². The first-order valence-electron chi connectivity index (χ1n) is 8.68. The van der Waals surface area contributed by atoms with Gasteiger partial charge in [-0.1, -0.05) is 0 Å². The second kappa shape index (κ2) is 7.56. The van der Waals surface area contributed by atoms with Crippen molar-refractivity contribution in [1.29, 1.82) is 0 Å². The molecule has 26 heavy (non-hydrogen) atoms. The van der Waals surface area contributed by atoms with Gasteiger partial charge in [0.1, 0.15) is 22.9 Å². The van der Waals surface area contributed by atoms with E-state index in [0.29, 0.717) is 28.5 Å². The molecule has 1 aromatic carbocycles. The number of Topliss-reactive ketones (excluding diaryl/α,β-unsaturated/α-hetero) is 1. The topological polar surface area (TPSA) is 68.7 Å². The van der Waals surface area contributed by atoms with Gasteiger partial charge in [-0.05, 0) is 51.5 Å². The van der Waals surface area contributed by atoms with Gasteiger partial charge in [-0.15, -0.1) is 0 Å². The smallest absolute Gasteiger partial charge is 0.272 e. The summed E-state index contributed by atoms with van der Waals surface area (Å²) in [4.78, 5) is 29.8. The van der Waals surface area contributed by atoms with E-state index in [1.807, 2.05) is 13.8 Å². The lowest BCUT2D eigenvalue weighted by Crippen LogP contribution is -2.42. The summed E-state index contributed by atoms with van der Waals surface area (Å²) >= 11 is 0. The molecular formula is C20H22N2O4. The highest BCUT2D eigenvalue weighted by Crippen LogP contribution is 2.28. The van der Waals surface area contributed by atoms with Gasteiger partial charge in [-0.3, -0.25) is 9.59 Å². The summed E-state index contributed by atoms with van der Waals surface area (Å²) in [7, 11) is 0. The van der Waals surface area contributed by atoms with Gasteiger partial charge in [0.25, 0.3) is 5.91 Å². The number of amides is 1. The summed E-state index contributed by atoms with van der Waals surface area (Å²) in [6.45, 7) is 6.90. The Bertz CT molecular complexity index is 811. The minimum Gasteiger partial charge on any atom is -0.491 e. The number of likely N-dealkylation sites (tertiary alicyclic amines) is 1. The van der Waals surface area contributed by atoms with Crippen LogP contribution in [0.5, 0.6) is 17.2 Å². The second-order valence-electron chi connectivity index (χ2n) is 6.54. The molecule has 6 nitrogen and oxygen atoms in total. The molecule has 1 saturated heterocycles. The molecule has 0 radical (unpaired) electrons. The zero-order valence-electron chi connectivity index (χ0n) is 15.2. The van der Waals surface area contributed by atoms with Crippen LogP contribution >= 0.6 is 0 Å². The summed E-state index contributed by atoms with van der Waals surface area (Å²) in [5.74, 6) is 1.41. The highest BCUT2D eigenvalue weighted by atomic mass is 16.5. The zero-order chi connectivity index (χ0) is 18.7. The highest BCUT2D eigenvalue weighted by molar-refractivity contribution is 5.95. The predicted molar refractivity (Wildman–Crippen MR) is 97.0 cm³/mol. The second-order valence-corrected chi connectivity index (χ2v) is 6.54. The Kier molecular flexibility index (Phi) is 5.21. The van der Waals surface area contributed by atoms with Crippen LogP contribution in [-0.4, -0.2) is 40.8 Å². The van der Waals surface area contributed by atoms with Crippen LogP contribution in [0.2, 0.25) is 0 Å². The molecular weight excluding hydrogens is 332 g/mol. The molecule has 1 amide bonds. The summed E-state index contributed by atoms with van der Waals surface area (Å²) < 4.78 is 11.5. The van der Waals surface area contributed by atoms with Gasteiger partial charge < -0.3 is 14.4 Å². The number of carbonyl (C=O) groups excluding carboxylic acids is 2. The number of pyridine rings is 1. The van der Waals surface area contributed by atoms with Crippen molar-refractivity contribution in [2.75, 3.05) is 13.1 Å². The number of hydrogen-bond acceptors (Lipinski definition) is 5. The Morgan fingerprint density at radius 1 is 1.08 bits per heavy atom. The number of ketones is 1. The molecule has 0 aliphatic carbocycles. The number of rotatable bonds is 6. The number of carbonyl (C=O) groups is 2. The lowest BCUT2D eigenvalue weighted by molar-refractivity contribution is 0.0645. The maximum absolute atomic E-state index is 12.1. The van der Waals surface area contributed by atoms with Gasteiger partial charge in [0.15, 0.2) is 5.78 Å². The minimum absolute atomic E-state index is 0.0153. The lowest BCUT2D eigenvalue weighted by atomic mass is 10.1. The Balaban J connectivity index is 1.77. The fraction of sp³-hybridized carbons (Fsp3) is 0.350. The molecule has 0 unspecified atom stereocenters. The van der Waals surface area contributed by atoms with Gasteiger partial charge in [-0.25, -0.2) is 4.98 Å². The molecule has 0 saturated carbocycles. The van der Waals surface area contributed by atoms with E-state index in [-0.39, 0.29) is 17.8 Å². The predicted octanol–water partition coefficient (Wildman–Crippen LogP) is 3.71. The van der Waals surface area contributed by atoms with Crippen LogP contribution in [0.1, 0.15) is 48.0 Å². The van der Waals surface area contributed by atoms with Crippen molar-refractivity contribution < 1.29 is 19.1 Å². The van der Waals surface area contributed by atoms with E-state index >= 15 is 0 Å². The molecule has 3 rings (SSSR count). The van der Waals surface area contributed by atoms with Crippen molar-refractivity contribution in [3.63, 3.8) is 0 Å². The molecule has 136 valence electrons. The number of ether oxygens (including phenoxy) is 2. The average Bonchev–Trinajstić information content (AvgIpc) is 2.53. The normalized spacial score (nSPS) is 13.3. The van der Waals surface area contributed by atoms with Crippen molar-refractivity contribution >= 4 is 11.7 Å². The Morgan fingerprint density at radius 3 is 2.35 bits per heavy atom. The summed E-state index contributed by atoms with van der Waals surface area (Å²) in [5.41, 5.74) is 0.911. The van der Waals surface area contributed by atoms with E-state index in [9.17, 15) is 9.59 Å². The SMILES string of the molecule is CC(=O)c1cc(Oc2ccc(C(=O)N3CCC3)nc2)cc(OC(C)C)c1. The van der Waals surface area contributed by atoms with Crippen LogP contribution in [0.4, 0.5) is 0 Å². The molecule has 1 aromatic heterocycles. The molecule has 6 heteroatoms. The number of aromatic nitrogens is 1. The van der Waals surface area contributed by atoms with Gasteiger partial charge in [0, 0.05) is 24.7 Å². The standard InChI is InChI=1S/C20H22N2O4/c1-13(2)25-17-9-15(14(3)23)10-18(11-17)26-16-5-6-19(21-12-16)20(24)22-7-4-8-22/h5-6,9-13H,4,7-8H2,1-3H3. The van der Waals surface area contributed by atoms with Gasteiger partial charge in [0.2, 0.25) is 0 Å². The highest BCUT2D eigenvalue weighted by Gasteiger charge is 2.22. The fourth-order valence-corrected chi connectivity index (χ4v) is 2.56. The van der Waals surface area contributed by atoms with Crippen molar-refractivity contribution in [2.45, 2.75) is 33.3 Å². The summed E-state index contributed by atoms with van der Waals surface area (Å²) in [6.07, 6.45) is 2.54. The van der Waals surface area contributed by atoms with Crippen LogP contribution in [0.25, 0.3) is 0 Å². The molecule has 0 atom stereocenters. The minimum atomic E-state index is -0.0716. The lowest BCUT2D eigenvalue weighted by Gasteiger charge is -2.30. The van der Waals surface area contributed by atoms with Crippen LogP contribution in [0.15, 0.2) is 36.5 Å². The molecule has 1 fully saturated rings. The molecule has 2 heterocycles. The third-order valence-corrected chi connectivity index (χ3v) is 3.99. The van der Waals surface area contributed by atoms with Crippen LogP contribution in [-0.2, 0) is 0 Å². The van der Waals surface area contributed by atoms with E-state index in [2.05, 4.69) is 4.98 Å². The first-order valence-corrected chi connectivity index (χ1v) is 8.68. The molecule has 1 aliphatic rings. The van der Waals surface area contributed by atoms with Gasteiger partial charge in [0.05, 0.1) is 12.3 Å². The van der Waals surface area contributed by atoms with E-state index in [1.165, 1.54) is 13.1 Å².